The number of amides is 1. The van der Waals surface area contributed by atoms with Crippen LogP contribution in [0.25, 0.3) is 11.3 Å². The summed E-state index contributed by atoms with van der Waals surface area (Å²) >= 11 is 1.33. The number of benzene rings is 1. The molecule has 0 radical (unpaired) electrons. The second-order valence-electron chi connectivity index (χ2n) is 4.76. The Kier molecular flexibility index (Phi) is 3.51. The molecule has 0 fully saturated rings. The lowest BCUT2D eigenvalue weighted by molar-refractivity contribution is -0.117. The molecule has 1 N–H and O–H groups in total. The molecular formula is C15H12N2O5S. The summed E-state index contributed by atoms with van der Waals surface area (Å²) in [7, 11) is 0. The quantitative estimate of drug-likeness (QED) is 0.929. The highest BCUT2D eigenvalue weighted by Crippen LogP contribution is 2.36. The largest absolute Gasteiger partial charge is 0.494 e. The average Bonchev–Trinajstić information content (AvgIpc) is 3.23. The molecule has 1 aromatic carbocycles. The SMILES string of the molecule is O=C(Nc1nc(-c2ccc3c(c2)OCO3)cs1)C1=COCCO1. The van der Waals surface area contributed by atoms with Gasteiger partial charge in [0.05, 0.1) is 5.69 Å². The van der Waals surface area contributed by atoms with E-state index in [1.54, 1.807) is 0 Å². The highest BCUT2D eigenvalue weighted by atomic mass is 32.1. The molecule has 2 aromatic rings. The van der Waals surface area contributed by atoms with E-state index in [9.17, 15) is 4.79 Å². The average molecular weight is 332 g/mol. The molecule has 1 aromatic heterocycles. The van der Waals surface area contributed by atoms with Gasteiger partial charge in [-0.1, -0.05) is 0 Å². The Morgan fingerprint density at radius 1 is 1.17 bits per heavy atom. The van der Waals surface area contributed by atoms with Crippen LogP contribution in [-0.4, -0.2) is 30.9 Å². The van der Waals surface area contributed by atoms with Crippen LogP contribution < -0.4 is 14.8 Å². The van der Waals surface area contributed by atoms with Crippen LogP contribution in [0.5, 0.6) is 11.5 Å². The van der Waals surface area contributed by atoms with Crippen molar-refractivity contribution >= 4 is 22.4 Å². The molecule has 4 rings (SSSR count). The number of carbonyl (C=O) groups is 1. The number of thiazole rings is 1. The summed E-state index contributed by atoms with van der Waals surface area (Å²) < 4.78 is 20.9. The number of ether oxygens (including phenoxy) is 4. The number of carbonyl (C=O) groups excluding carboxylic acids is 1. The Labute approximate surface area is 135 Å². The highest BCUT2D eigenvalue weighted by molar-refractivity contribution is 7.14. The first-order valence-electron chi connectivity index (χ1n) is 6.91. The summed E-state index contributed by atoms with van der Waals surface area (Å²) in [5.74, 6) is 1.19. The zero-order valence-corrected chi connectivity index (χ0v) is 12.7. The summed E-state index contributed by atoms with van der Waals surface area (Å²) in [6.07, 6.45) is 1.31. The van der Waals surface area contributed by atoms with Crippen molar-refractivity contribution in [2.45, 2.75) is 0 Å². The minimum absolute atomic E-state index is 0.149. The van der Waals surface area contributed by atoms with Crippen LogP contribution in [-0.2, 0) is 14.3 Å². The topological polar surface area (TPSA) is 78.9 Å². The first-order valence-corrected chi connectivity index (χ1v) is 7.79. The molecule has 0 bridgehead atoms. The van der Waals surface area contributed by atoms with Crippen LogP contribution in [0, 0.1) is 0 Å². The Hall–Kier alpha value is -2.74. The summed E-state index contributed by atoms with van der Waals surface area (Å²) in [6.45, 7) is 1.04. The third-order valence-corrected chi connectivity index (χ3v) is 4.02. The lowest BCUT2D eigenvalue weighted by Gasteiger charge is -2.14. The zero-order chi connectivity index (χ0) is 15.6. The Morgan fingerprint density at radius 3 is 2.96 bits per heavy atom. The molecule has 0 atom stereocenters. The van der Waals surface area contributed by atoms with Gasteiger partial charge in [0, 0.05) is 10.9 Å². The molecule has 0 unspecified atom stereocenters. The normalized spacial score (nSPS) is 15.4. The third-order valence-electron chi connectivity index (χ3n) is 3.27. The van der Waals surface area contributed by atoms with Crippen LogP contribution in [0.1, 0.15) is 0 Å². The van der Waals surface area contributed by atoms with E-state index in [-0.39, 0.29) is 18.5 Å². The first kappa shape index (κ1) is 13.9. The number of nitrogens with one attached hydrogen (secondary N) is 1. The molecule has 0 saturated carbocycles. The van der Waals surface area contributed by atoms with Gasteiger partial charge in [0.25, 0.3) is 5.91 Å². The van der Waals surface area contributed by atoms with Crippen molar-refractivity contribution in [2.75, 3.05) is 25.3 Å². The number of aromatic nitrogens is 1. The maximum atomic E-state index is 12.0. The van der Waals surface area contributed by atoms with Gasteiger partial charge >= 0.3 is 0 Å². The van der Waals surface area contributed by atoms with Crippen molar-refractivity contribution < 1.29 is 23.7 Å². The van der Waals surface area contributed by atoms with Crippen molar-refractivity contribution in [1.82, 2.24) is 4.98 Å². The summed E-state index contributed by atoms with van der Waals surface area (Å²) in [5, 5.41) is 5.04. The van der Waals surface area contributed by atoms with Crippen molar-refractivity contribution in [1.29, 1.82) is 0 Å². The minimum atomic E-state index is -0.378. The van der Waals surface area contributed by atoms with Crippen LogP contribution in [0.2, 0.25) is 0 Å². The van der Waals surface area contributed by atoms with Crippen LogP contribution in [0.3, 0.4) is 0 Å². The van der Waals surface area contributed by atoms with Crippen molar-refractivity contribution in [3.8, 4) is 22.8 Å². The van der Waals surface area contributed by atoms with E-state index in [0.29, 0.717) is 24.1 Å². The van der Waals surface area contributed by atoms with Gasteiger partial charge in [-0.15, -0.1) is 11.3 Å². The molecule has 8 heteroatoms. The third kappa shape index (κ3) is 2.80. The zero-order valence-electron chi connectivity index (χ0n) is 11.9. The Balaban J connectivity index is 1.50. The van der Waals surface area contributed by atoms with E-state index >= 15 is 0 Å². The molecule has 2 aliphatic rings. The van der Waals surface area contributed by atoms with E-state index in [2.05, 4.69) is 10.3 Å². The fraction of sp³-hybridized carbons (Fsp3) is 0.200. The summed E-state index contributed by atoms with van der Waals surface area (Å²) in [4.78, 5) is 16.4. The molecule has 118 valence electrons. The monoisotopic (exact) mass is 332 g/mol. The van der Waals surface area contributed by atoms with Gasteiger partial charge in [0.1, 0.15) is 19.5 Å². The number of rotatable bonds is 3. The van der Waals surface area contributed by atoms with Crippen LogP contribution in [0.4, 0.5) is 5.13 Å². The fourth-order valence-electron chi connectivity index (χ4n) is 2.17. The van der Waals surface area contributed by atoms with Gasteiger partial charge in [0.15, 0.2) is 16.6 Å². The predicted octanol–water partition coefficient (Wildman–Crippen LogP) is 2.37. The van der Waals surface area contributed by atoms with Gasteiger partial charge in [-0.2, -0.15) is 0 Å². The lowest BCUT2D eigenvalue weighted by Crippen LogP contribution is -2.21. The second-order valence-corrected chi connectivity index (χ2v) is 5.62. The molecule has 0 aliphatic carbocycles. The number of anilines is 1. The molecule has 0 saturated heterocycles. The minimum Gasteiger partial charge on any atom is -0.494 e. The Bertz CT molecular complexity index is 786. The summed E-state index contributed by atoms with van der Waals surface area (Å²) in [6, 6.07) is 5.60. The number of nitrogens with zero attached hydrogens (tertiary/aromatic N) is 1. The van der Waals surface area contributed by atoms with E-state index in [1.807, 2.05) is 23.6 Å². The highest BCUT2D eigenvalue weighted by Gasteiger charge is 2.18. The number of hydrogen-bond donors (Lipinski definition) is 1. The van der Waals surface area contributed by atoms with E-state index in [4.69, 9.17) is 18.9 Å². The number of fused-ring (bicyclic) bond motifs is 1. The van der Waals surface area contributed by atoms with Crippen LogP contribution >= 0.6 is 11.3 Å². The van der Waals surface area contributed by atoms with Crippen LogP contribution in [0.15, 0.2) is 35.6 Å². The molecule has 2 aliphatic heterocycles. The predicted molar refractivity (Wildman–Crippen MR) is 82.3 cm³/mol. The fourth-order valence-corrected chi connectivity index (χ4v) is 2.88. The van der Waals surface area contributed by atoms with Gasteiger partial charge < -0.3 is 18.9 Å². The van der Waals surface area contributed by atoms with Crippen molar-refractivity contribution in [3.63, 3.8) is 0 Å². The number of hydrogen-bond acceptors (Lipinski definition) is 7. The Morgan fingerprint density at radius 2 is 2.09 bits per heavy atom. The lowest BCUT2D eigenvalue weighted by atomic mass is 10.1. The standard InChI is InChI=1S/C15H12N2O5S/c18-14(13-6-19-3-4-20-13)17-15-16-10(7-23-15)9-1-2-11-12(5-9)22-8-21-11/h1-2,5-7H,3-4,8H2,(H,16,17,18). The van der Waals surface area contributed by atoms with E-state index in [1.165, 1.54) is 17.6 Å². The maximum absolute atomic E-state index is 12.0. The van der Waals surface area contributed by atoms with Gasteiger partial charge in [-0.25, -0.2) is 4.98 Å². The molecule has 0 spiro atoms. The molecule has 7 nitrogen and oxygen atoms in total. The molecule has 1 amide bonds. The maximum Gasteiger partial charge on any atom is 0.295 e. The first-order chi connectivity index (χ1) is 11.3. The van der Waals surface area contributed by atoms with E-state index in [0.717, 1.165) is 17.0 Å². The smallest absolute Gasteiger partial charge is 0.295 e. The second kappa shape index (κ2) is 5.81. The molecular weight excluding hydrogens is 320 g/mol. The van der Waals surface area contributed by atoms with E-state index < -0.39 is 0 Å². The van der Waals surface area contributed by atoms with Gasteiger partial charge in [-0.3, -0.25) is 10.1 Å². The molecule has 23 heavy (non-hydrogen) atoms. The van der Waals surface area contributed by atoms with Gasteiger partial charge in [0.2, 0.25) is 12.6 Å². The van der Waals surface area contributed by atoms with Gasteiger partial charge in [-0.05, 0) is 18.2 Å². The van der Waals surface area contributed by atoms with Crippen molar-refractivity contribution in [2.24, 2.45) is 0 Å². The van der Waals surface area contributed by atoms with Crippen molar-refractivity contribution in [3.05, 3.63) is 35.6 Å². The summed E-state index contributed by atoms with van der Waals surface area (Å²) in [5.41, 5.74) is 1.64. The molecule has 3 heterocycles.